The number of anilines is 2. The third-order valence-electron chi connectivity index (χ3n) is 2.67. The number of rotatable bonds is 5. The first-order valence-corrected chi connectivity index (χ1v) is 8.49. The molecule has 0 radical (unpaired) electrons. The molecule has 0 aliphatic rings. The minimum absolute atomic E-state index is 0.186. The van der Waals surface area contributed by atoms with E-state index >= 15 is 0 Å². The zero-order chi connectivity index (χ0) is 14.6. The van der Waals surface area contributed by atoms with E-state index in [0.29, 0.717) is 11.4 Å². The highest BCUT2D eigenvalue weighted by Gasteiger charge is 2.13. The first kappa shape index (κ1) is 14.7. The number of hydrogen-bond donors (Lipinski definition) is 3. The van der Waals surface area contributed by atoms with Crippen molar-refractivity contribution in [3.05, 3.63) is 48.5 Å². The van der Waals surface area contributed by atoms with E-state index in [2.05, 4.69) is 10.1 Å². The Hall–Kier alpha value is -1.70. The van der Waals surface area contributed by atoms with Crippen molar-refractivity contribution in [2.24, 2.45) is 5.84 Å². The maximum atomic E-state index is 12.2. The lowest BCUT2D eigenvalue weighted by atomic mass is 10.3. The molecule has 0 unspecified atom stereocenters. The standard InChI is InChI=1S/C13H15N3O2S2/c1-19-12-6-2-11(3-7-12)16-20(17,18)13-8-4-10(15-14)5-9-13/h2-9,15-16H,14H2,1H3. The van der Waals surface area contributed by atoms with E-state index in [-0.39, 0.29) is 4.90 Å². The molecule has 0 spiro atoms. The highest BCUT2D eigenvalue weighted by molar-refractivity contribution is 7.98. The van der Waals surface area contributed by atoms with E-state index in [1.54, 1.807) is 36.0 Å². The second-order valence-electron chi connectivity index (χ2n) is 4.00. The lowest BCUT2D eigenvalue weighted by molar-refractivity contribution is 0.601. The molecule has 0 amide bonds. The van der Waals surface area contributed by atoms with Gasteiger partial charge in [-0.3, -0.25) is 10.6 Å². The molecule has 4 N–H and O–H groups in total. The minimum Gasteiger partial charge on any atom is -0.324 e. The van der Waals surface area contributed by atoms with E-state index in [4.69, 9.17) is 5.84 Å². The highest BCUT2D eigenvalue weighted by atomic mass is 32.2. The Balaban J connectivity index is 2.20. The highest BCUT2D eigenvalue weighted by Crippen LogP contribution is 2.21. The third kappa shape index (κ3) is 3.44. The number of nitrogens with one attached hydrogen (secondary N) is 2. The van der Waals surface area contributed by atoms with Gasteiger partial charge in [0.25, 0.3) is 10.0 Å². The van der Waals surface area contributed by atoms with Crippen LogP contribution in [-0.4, -0.2) is 14.7 Å². The number of nitrogen functional groups attached to an aromatic ring is 1. The number of hydrazine groups is 1. The fourth-order valence-electron chi connectivity index (χ4n) is 1.60. The van der Waals surface area contributed by atoms with Crippen LogP contribution in [0.5, 0.6) is 0 Å². The fourth-order valence-corrected chi connectivity index (χ4v) is 3.07. The van der Waals surface area contributed by atoms with Gasteiger partial charge in [-0.2, -0.15) is 0 Å². The average Bonchev–Trinajstić information content (AvgIpc) is 2.48. The molecule has 0 heterocycles. The van der Waals surface area contributed by atoms with Gasteiger partial charge in [-0.05, 0) is 54.8 Å². The molecule has 106 valence electrons. The van der Waals surface area contributed by atoms with Crippen LogP contribution in [-0.2, 0) is 10.0 Å². The van der Waals surface area contributed by atoms with Gasteiger partial charge in [0, 0.05) is 16.3 Å². The predicted molar refractivity (Wildman–Crippen MR) is 83.3 cm³/mol. The Morgan fingerprint density at radius 2 is 1.50 bits per heavy atom. The first-order chi connectivity index (χ1) is 9.55. The summed E-state index contributed by atoms with van der Waals surface area (Å²) < 4.78 is 26.9. The van der Waals surface area contributed by atoms with Crippen LogP contribution in [0.25, 0.3) is 0 Å². The lowest BCUT2D eigenvalue weighted by Crippen LogP contribution is -2.13. The van der Waals surface area contributed by atoms with E-state index in [9.17, 15) is 8.42 Å². The van der Waals surface area contributed by atoms with Crippen LogP contribution in [0.2, 0.25) is 0 Å². The van der Waals surface area contributed by atoms with Gasteiger partial charge >= 0.3 is 0 Å². The molecule has 0 atom stereocenters. The van der Waals surface area contributed by atoms with Crippen LogP contribution in [0.3, 0.4) is 0 Å². The summed E-state index contributed by atoms with van der Waals surface area (Å²) in [6, 6.07) is 13.4. The number of sulfonamides is 1. The summed E-state index contributed by atoms with van der Waals surface area (Å²) in [5.74, 6) is 5.24. The van der Waals surface area contributed by atoms with Gasteiger partial charge in [-0.25, -0.2) is 8.42 Å². The smallest absolute Gasteiger partial charge is 0.261 e. The number of hydrogen-bond acceptors (Lipinski definition) is 5. The van der Waals surface area contributed by atoms with Gasteiger partial charge in [-0.15, -0.1) is 11.8 Å². The summed E-state index contributed by atoms with van der Waals surface area (Å²) in [6.07, 6.45) is 1.96. The molecule has 2 aromatic carbocycles. The SMILES string of the molecule is CSc1ccc(NS(=O)(=O)c2ccc(NN)cc2)cc1. The van der Waals surface area contributed by atoms with Crippen molar-refractivity contribution < 1.29 is 8.42 Å². The Morgan fingerprint density at radius 3 is 2.00 bits per heavy atom. The van der Waals surface area contributed by atoms with Crippen molar-refractivity contribution in [1.29, 1.82) is 0 Å². The largest absolute Gasteiger partial charge is 0.324 e. The maximum absolute atomic E-state index is 12.2. The zero-order valence-corrected chi connectivity index (χ0v) is 12.5. The molecule has 0 bridgehead atoms. The number of thioether (sulfide) groups is 1. The molecule has 2 rings (SSSR count). The summed E-state index contributed by atoms with van der Waals surface area (Å²) in [5.41, 5.74) is 3.63. The molecule has 0 aromatic heterocycles. The molecule has 5 nitrogen and oxygen atoms in total. The van der Waals surface area contributed by atoms with Crippen molar-refractivity contribution in [3.8, 4) is 0 Å². The van der Waals surface area contributed by atoms with Crippen molar-refractivity contribution in [1.82, 2.24) is 0 Å². The van der Waals surface area contributed by atoms with Crippen LogP contribution >= 0.6 is 11.8 Å². The summed E-state index contributed by atoms with van der Waals surface area (Å²) >= 11 is 1.60. The molecule has 20 heavy (non-hydrogen) atoms. The lowest BCUT2D eigenvalue weighted by Gasteiger charge is -2.09. The normalized spacial score (nSPS) is 11.1. The molecule has 0 aliphatic carbocycles. The van der Waals surface area contributed by atoms with Crippen molar-refractivity contribution in [2.45, 2.75) is 9.79 Å². The fraction of sp³-hybridized carbons (Fsp3) is 0.0769. The van der Waals surface area contributed by atoms with Gasteiger partial charge in [-0.1, -0.05) is 0 Å². The molecule has 0 saturated carbocycles. The Labute approximate surface area is 122 Å². The molecular formula is C13H15N3O2S2. The summed E-state index contributed by atoms with van der Waals surface area (Å²) in [5, 5.41) is 0. The topological polar surface area (TPSA) is 84.2 Å². The van der Waals surface area contributed by atoms with Crippen molar-refractivity contribution in [3.63, 3.8) is 0 Å². The molecule has 0 fully saturated rings. The number of benzene rings is 2. The van der Waals surface area contributed by atoms with Crippen molar-refractivity contribution in [2.75, 3.05) is 16.4 Å². The van der Waals surface area contributed by atoms with Crippen LogP contribution < -0.4 is 16.0 Å². The number of nitrogens with two attached hydrogens (primary N) is 1. The predicted octanol–water partition coefficient (Wildman–Crippen LogP) is 2.49. The summed E-state index contributed by atoms with van der Waals surface area (Å²) in [6.45, 7) is 0. The van der Waals surface area contributed by atoms with E-state index < -0.39 is 10.0 Å². The van der Waals surface area contributed by atoms with Crippen LogP contribution in [0.15, 0.2) is 58.3 Å². The monoisotopic (exact) mass is 309 g/mol. The second kappa shape index (κ2) is 6.17. The molecular weight excluding hydrogens is 294 g/mol. The van der Waals surface area contributed by atoms with Crippen LogP contribution in [0.4, 0.5) is 11.4 Å². The molecule has 2 aromatic rings. The van der Waals surface area contributed by atoms with Gasteiger partial charge in [0.05, 0.1) is 4.90 Å². The van der Waals surface area contributed by atoms with Gasteiger partial charge in [0.1, 0.15) is 0 Å². The summed E-state index contributed by atoms with van der Waals surface area (Å²) in [4.78, 5) is 1.26. The average molecular weight is 309 g/mol. The van der Waals surface area contributed by atoms with Gasteiger partial charge in [0.2, 0.25) is 0 Å². The van der Waals surface area contributed by atoms with Crippen molar-refractivity contribution >= 4 is 33.2 Å². The van der Waals surface area contributed by atoms with Crippen LogP contribution in [0, 0.1) is 0 Å². The van der Waals surface area contributed by atoms with Crippen LogP contribution in [0.1, 0.15) is 0 Å². The maximum Gasteiger partial charge on any atom is 0.261 e. The van der Waals surface area contributed by atoms with Gasteiger partial charge in [0.15, 0.2) is 0 Å². The Morgan fingerprint density at radius 1 is 0.950 bits per heavy atom. The summed E-state index contributed by atoms with van der Waals surface area (Å²) in [7, 11) is -3.58. The minimum atomic E-state index is -3.58. The van der Waals surface area contributed by atoms with E-state index in [1.807, 2.05) is 18.4 Å². The zero-order valence-electron chi connectivity index (χ0n) is 10.8. The first-order valence-electron chi connectivity index (χ1n) is 5.79. The molecule has 0 saturated heterocycles. The molecule has 0 aliphatic heterocycles. The quantitative estimate of drug-likeness (QED) is 0.449. The molecule has 7 heteroatoms. The second-order valence-corrected chi connectivity index (χ2v) is 6.56. The van der Waals surface area contributed by atoms with E-state index in [1.165, 1.54) is 12.1 Å². The van der Waals surface area contributed by atoms with E-state index in [0.717, 1.165) is 4.90 Å². The third-order valence-corrected chi connectivity index (χ3v) is 4.81. The Bertz CT molecular complexity index is 668. The Kier molecular flexibility index (Phi) is 4.53. The van der Waals surface area contributed by atoms with Gasteiger partial charge < -0.3 is 5.43 Å².